The summed E-state index contributed by atoms with van der Waals surface area (Å²) in [7, 11) is 0. The van der Waals surface area contributed by atoms with Crippen molar-refractivity contribution in [3.05, 3.63) is 69.5 Å². The van der Waals surface area contributed by atoms with E-state index in [1.54, 1.807) is 42.6 Å². The van der Waals surface area contributed by atoms with Gasteiger partial charge in [-0.3, -0.25) is 9.59 Å². The molecule has 10 heteroatoms. The van der Waals surface area contributed by atoms with Gasteiger partial charge in [0.2, 0.25) is 5.91 Å². The second-order valence-electron chi connectivity index (χ2n) is 6.75. The predicted molar refractivity (Wildman–Crippen MR) is 113 cm³/mol. The van der Waals surface area contributed by atoms with Gasteiger partial charge in [0.15, 0.2) is 5.82 Å². The van der Waals surface area contributed by atoms with E-state index in [0.717, 1.165) is 0 Å². The molecule has 0 unspecified atom stereocenters. The summed E-state index contributed by atoms with van der Waals surface area (Å²) in [4.78, 5) is 29.9. The summed E-state index contributed by atoms with van der Waals surface area (Å²) in [6.07, 6.45) is 2.58. The van der Waals surface area contributed by atoms with Crippen LogP contribution in [0.15, 0.2) is 53.3 Å². The van der Waals surface area contributed by atoms with E-state index in [2.05, 4.69) is 36.6 Å². The monoisotopic (exact) mass is 484 g/mol. The van der Waals surface area contributed by atoms with Crippen molar-refractivity contribution in [1.29, 1.82) is 5.26 Å². The number of anilines is 1. The standard InChI is InChI=1S/C20H14BrClN6O2/c21-16-10-15(28(27-16)17-14(22)2-1-9-24-17)18(29)26-20(7-8-20)19(30)25-13-5-3-12(11-23)4-6-13/h1-6,9-10H,7-8H2,(H,25,30)(H,26,29). The molecule has 0 aliphatic heterocycles. The minimum absolute atomic E-state index is 0.194. The van der Waals surface area contributed by atoms with Crippen molar-refractivity contribution < 1.29 is 9.59 Å². The van der Waals surface area contributed by atoms with E-state index in [9.17, 15) is 9.59 Å². The molecule has 0 atom stereocenters. The molecule has 0 radical (unpaired) electrons. The first kappa shape index (κ1) is 20.1. The Morgan fingerprint density at radius 3 is 2.60 bits per heavy atom. The molecule has 2 aromatic heterocycles. The number of benzene rings is 1. The molecule has 1 aliphatic carbocycles. The Hall–Kier alpha value is -3.22. The Morgan fingerprint density at radius 2 is 1.97 bits per heavy atom. The minimum Gasteiger partial charge on any atom is -0.336 e. The highest BCUT2D eigenvalue weighted by molar-refractivity contribution is 9.10. The fraction of sp³-hybridized carbons (Fsp3) is 0.150. The lowest BCUT2D eigenvalue weighted by Gasteiger charge is -2.17. The topological polar surface area (TPSA) is 113 Å². The van der Waals surface area contributed by atoms with E-state index in [1.165, 1.54) is 10.7 Å². The Balaban J connectivity index is 1.53. The third-order valence-electron chi connectivity index (χ3n) is 4.66. The maximum absolute atomic E-state index is 13.0. The number of nitrogens with one attached hydrogen (secondary N) is 2. The van der Waals surface area contributed by atoms with Crippen LogP contribution in [0, 0.1) is 11.3 Å². The second kappa shape index (κ2) is 7.89. The molecule has 8 nitrogen and oxygen atoms in total. The average molecular weight is 486 g/mol. The van der Waals surface area contributed by atoms with Gasteiger partial charge in [0, 0.05) is 18.0 Å². The van der Waals surface area contributed by atoms with Gasteiger partial charge in [0.05, 0.1) is 16.7 Å². The zero-order valence-corrected chi connectivity index (χ0v) is 17.7. The molecule has 1 aromatic carbocycles. The fourth-order valence-electron chi connectivity index (χ4n) is 2.90. The number of nitriles is 1. The minimum atomic E-state index is -1.000. The lowest BCUT2D eigenvalue weighted by molar-refractivity contribution is -0.118. The maximum atomic E-state index is 13.0. The van der Waals surface area contributed by atoms with Crippen molar-refractivity contribution in [3.8, 4) is 11.9 Å². The van der Waals surface area contributed by atoms with Gasteiger partial charge in [-0.1, -0.05) is 11.6 Å². The van der Waals surface area contributed by atoms with Crippen LogP contribution in [-0.2, 0) is 4.79 Å². The van der Waals surface area contributed by atoms with Crippen molar-refractivity contribution in [2.45, 2.75) is 18.4 Å². The van der Waals surface area contributed by atoms with Gasteiger partial charge in [-0.15, -0.1) is 0 Å². The van der Waals surface area contributed by atoms with Gasteiger partial charge in [0.25, 0.3) is 5.91 Å². The zero-order valence-electron chi connectivity index (χ0n) is 15.4. The van der Waals surface area contributed by atoms with E-state index in [0.29, 0.717) is 39.5 Å². The molecule has 1 aliphatic rings. The molecular formula is C20H14BrClN6O2. The predicted octanol–water partition coefficient (Wildman–Crippen LogP) is 3.46. The Morgan fingerprint density at radius 1 is 1.23 bits per heavy atom. The van der Waals surface area contributed by atoms with E-state index < -0.39 is 11.4 Å². The molecule has 0 bridgehead atoms. The van der Waals surface area contributed by atoms with Crippen LogP contribution < -0.4 is 10.6 Å². The molecule has 150 valence electrons. The third-order valence-corrected chi connectivity index (χ3v) is 5.34. The summed E-state index contributed by atoms with van der Waals surface area (Å²) < 4.78 is 1.76. The maximum Gasteiger partial charge on any atom is 0.270 e. The molecule has 3 aromatic rings. The summed E-state index contributed by atoms with van der Waals surface area (Å²) in [6, 6.07) is 13.4. The van der Waals surface area contributed by atoms with Gasteiger partial charge in [0.1, 0.15) is 15.8 Å². The molecule has 0 saturated heterocycles. The van der Waals surface area contributed by atoms with E-state index in [4.69, 9.17) is 16.9 Å². The molecule has 2 heterocycles. The summed E-state index contributed by atoms with van der Waals surface area (Å²) >= 11 is 9.47. The lowest BCUT2D eigenvalue weighted by Crippen LogP contribution is -2.46. The van der Waals surface area contributed by atoms with Gasteiger partial charge in [-0.25, -0.2) is 9.67 Å². The Bertz CT molecular complexity index is 1180. The molecular weight excluding hydrogens is 472 g/mol. The molecule has 1 saturated carbocycles. The second-order valence-corrected chi connectivity index (χ2v) is 7.97. The van der Waals surface area contributed by atoms with Gasteiger partial charge < -0.3 is 10.6 Å². The van der Waals surface area contributed by atoms with Crippen LogP contribution in [-0.4, -0.2) is 32.1 Å². The van der Waals surface area contributed by atoms with Crippen LogP contribution in [0.25, 0.3) is 5.82 Å². The van der Waals surface area contributed by atoms with Crippen LogP contribution in [0.4, 0.5) is 5.69 Å². The first-order valence-corrected chi connectivity index (χ1v) is 10.1. The number of hydrogen-bond acceptors (Lipinski definition) is 5. The largest absolute Gasteiger partial charge is 0.336 e. The molecule has 2 N–H and O–H groups in total. The van der Waals surface area contributed by atoms with E-state index in [1.807, 2.05) is 6.07 Å². The number of nitrogens with zero attached hydrogens (tertiary/aromatic N) is 4. The lowest BCUT2D eigenvalue weighted by atomic mass is 10.2. The van der Waals surface area contributed by atoms with Crippen LogP contribution in [0.3, 0.4) is 0 Å². The summed E-state index contributed by atoms with van der Waals surface area (Å²) in [5, 5.41) is 19.0. The summed E-state index contributed by atoms with van der Waals surface area (Å²) in [5.74, 6) is -0.481. The Labute approximate surface area is 185 Å². The number of halogens is 2. The highest BCUT2D eigenvalue weighted by atomic mass is 79.9. The molecule has 0 spiro atoms. The normalized spacial score (nSPS) is 13.9. The first-order chi connectivity index (χ1) is 14.4. The first-order valence-electron chi connectivity index (χ1n) is 8.92. The number of pyridine rings is 1. The van der Waals surface area contributed by atoms with Gasteiger partial charge in [-0.05, 0) is 65.2 Å². The summed E-state index contributed by atoms with van der Waals surface area (Å²) in [6.45, 7) is 0. The highest BCUT2D eigenvalue weighted by Gasteiger charge is 2.51. The number of aromatic nitrogens is 3. The van der Waals surface area contributed by atoms with Crippen LogP contribution >= 0.6 is 27.5 Å². The van der Waals surface area contributed by atoms with Crippen molar-refractivity contribution in [3.63, 3.8) is 0 Å². The molecule has 1 fully saturated rings. The quantitative estimate of drug-likeness (QED) is 0.575. The number of carbonyl (C=O) groups is 2. The SMILES string of the molecule is N#Cc1ccc(NC(=O)C2(NC(=O)c3cc(Br)nn3-c3ncccc3Cl)CC2)cc1. The molecule has 4 rings (SSSR count). The highest BCUT2D eigenvalue weighted by Crippen LogP contribution is 2.37. The number of amides is 2. The van der Waals surface area contributed by atoms with Crippen molar-refractivity contribution in [1.82, 2.24) is 20.1 Å². The third kappa shape index (κ3) is 3.92. The van der Waals surface area contributed by atoms with E-state index in [-0.39, 0.29) is 11.6 Å². The van der Waals surface area contributed by atoms with Crippen molar-refractivity contribution in [2.75, 3.05) is 5.32 Å². The van der Waals surface area contributed by atoms with Crippen molar-refractivity contribution in [2.24, 2.45) is 0 Å². The fourth-order valence-corrected chi connectivity index (χ4v) is 3.48. The van der Waals surface area contributed by atoms with Crippen LogP contribution in [0.5, 0.6) is 0 Å². The van der Waals surface area contributed by atoms with Gasteiger partial charge >= 0.3 is 0 Å². The number of hydrogen-bond donors (Lipinski definition) is 2. The smallest absolute Gasteiger partial charge is 0.270 e. The zero-order chi connectivity index (χ0) is 21.3. The van der Waals surface area contributed by atoms with E-state index >= 15 is 0 Å². The van der Waals surface area contributed by atoms with Crippen molar-refractivity contribution >= 4 is 45.0 Å². The molecule has 30 heavy (non-hydrogen) atoms. The average Bonchev–Trinajstić information content (AvgIpc) is 3.42. The van der Waals surface area contributed by atoms with Gasteiger partial charge in [-0.2, -0.15) is 10.4 Å². The van der Waals surface area contributed by atoms with Crippen LogP contribution in [0.1, 0.15) is 28.9 Å². The summed E-state index contributed by atoms with van der Waals surface area (Å²) in [5.41, 5.74) is 0.238. The number of rotatable bonds is 5. The molecule has 2 amide bonds. The number of carbonyl (C=O) groups excluding carboxylic acids is 2. The Kier molecular flexibility index (Phi) is 5.28. The van der Waals surface area contributed by atoms with Crippen LogP contribution in [0.2, 0.25) is 5.02 Å².